The Bertz CT molecular complexity index is 726. The van der Waals surface area contributed by atoms with Crippen LogP contribution in [0.25, 0.3) is 0 Å². The Labute approximate surface area is 128 Å². The molecule has 0 heterocycles. The lowest BCUT2D eigenvalue weighted by Gasteiger charge is -2.03. The average Bonchev–Trinajstić information content (AvgIpc) is 2.57. The van der Waals surface area contributed by atoms with Crippen LogP contribution in [0.2, 0.25) is 0 Å². The number of hydrazone groups is 1. The summed E-state index contributed by atoms with van der Waals surface area (Å²) in [6.45, 7) is 1.97. The van der Waals surface area contributed by atoms with Crippen LogP contribution in [-0.4, -0.2) is 18.6 Å². The second-order valence-corrected chi connectivity index (χ2v) is 4.61. The molecular weight excluding hydrogens is 278 g/mol. The Morgan fingerprint density at radius 2 is 1.77 bits per heavy atom. The molecule has 0 fully saturated rings. The molecule has 110 valence electrons. The third kappa shape index (κ3) is 3.70. The van der Waals surface area contributed by atoms with Crippen molar-refractivity contribution in [2.24, 2.45) is 5.10 Å². The van der Waals surface area contributed by atoms with Crippen molar-refractivity contribution >= 4 is 17.2 Å². The Morgan fingerprint density at radius 3 is 2.32 bits per heavy atom. The normalized spacial score (nSPS) is 10.7. The molecule has 1 N–H and O–H groups in total. The van der Waals surface area contributed by atoms with Gasteiger partial charge in [-0.25, -0.2) is 0 Å². The Balaban J connectivity index is 2.15. The molecular formula is C17H15N3O2. The van der Waals surface area contributed by atoms with Crippen LogP contribution in [0.1, 0.15) is 15.9 Å². The van der Waals surface area contributed by atoms with Crippen molar-refractivity contribution in [1.82, 2.24) is 0 Å². The van der Waals surface area contributed by atoms with E-state index in [4.69, 9.17) is 10.00 Å². The van der Waals surface area contributed by atoms with Gasteiger partial charge in [0.1, 0.15) is 11.8 Å². The molecule has 0 bridgehead atoms. The molecule has 0 amide bonds. The molecule has 5 heteroatoms. The molecule has 2 aromatic carbocycles. The fourth-order valence-corrected chi connectivity index (χ4v) is 1.75. The van der Waals surface area contributed by atoms with E-state index in [0.29, 0.717) is 17.0 Å². The van der Waals surface area contributed by atoms with Gasteiger partial charge >= 0.3 is 0 Å². The third-order valence-corrected chi connectivity index (χ3v) is 3.02. The number of methoxy groups -OCH3 is 1. The summed E-state index contributed by atoms with van der Waals surface area (Å²) in [5.41, 5.74) is 4.72. The molecule has 0 saturated carbocycles. The molecule has 0 aliphatic rings. The molecule has 0 atom stereocenters. The molecule has 5 nitrogen and oxygen atoms in total. The van der Waals surface area contributed by atoms with Crippen LogP contribution >= 0.6 is 0 Å². The van der Waals surface area contributed by atoms with Gasteiger partial charge in [0.05, 0.1) is 12.8 Å². The fraction of sp³-hybridized carbons (Fsp3) is 0.118. The molecule has 0 saturated heterocycles. The van der Waals surface area contributed by atoms with Crippen LogP contribution in [0.5, 0.6) is 5.75 Å². The highest BCUT2D eigenvalue weighted by Gasteiger charge is 2.14. The van der Waals surface area contributed by atoms with Crippen molar-refractivity contribution in [2.45, 2.75) is 6.92 Å². The van der Waals surface area contributed by atoms with Gasteiger partial charge in [0.2, 0.25) is 11.5 Å². The Morgan fingerprint density at radius 1 is 1.14 bits per heavy atom. The van der Waals surface area contributed by atoms with Gasteiger partial charge in [-0.1, -0.05) is 17.7 Å². The molecule has 0 aliphatic carbocycles. The van der Waals surface area contributed by atoms with Crippen molar-refractivity contribution in [3.05, 3.63) is 59.7 Å². The van der Waals surface area contributed by atoms with Gasteiger partial charge < -0.3 is 4.74 Å². The van der Waals surface area contributed by atoms with Crippen LogP contribution in [-0.2, 0) is 0 Å². The highest BCUT2D eigenvalue weighted by atomic mass is 16.5. The second kappa shape index (κ2) is 7.04. The zero-order valence-corrected chi connectivity index (χ0v) is 12.3. The number of carbonyl (C=O) groups excluding carboxylic acids is 1. The van der Waals surface area contributed by atoms with Gasteiger partial charge in [0.15, 0.2) is 0 Å². The number of nitriles is 1. The van der Waals surface area contributed by atoms with Gasteiger partial charge in [-0.05, 0) is 43.3 Å². The minimum Gasteiger partial charge on any atom is -0.497 e. The van der Waals surface area contributed by atoms with E-state index in [1.807, 2.05) is 37.3 Å². The average molecular weight is 293 g/mol. The van der Waals surface area contributed by atoms with Crippen LogP contribution in [0.4, 0.5) is 5.69 Å². The number of rotatable bonds is 5. The summed E-state index contributed by atoms with van der Waals surface area (Å²) in [7, 11) is 1.55. The number of hydrogen-bond donors (Lipinski definition) is 1. The maximum Gasteiger partial charge on any atom is 0.223 e. The molecule has 0 spiro atoms. The van der Waals surface area contributed by atoms with Gasteiger partial charge in [-0.2, -0.15) is 10.4 Å². The van der Waals surface area contributed by atoms with Crippen LogP contribution in [0, 0.1) is 18.3 Å². The predicted octanol–water partition coefficient (Wildman–Crippen LogP) is 3.18. The molecule has 0 aliphatic heterocycles. The standard InChI is InChI=1S/C17H15N3O2/c1-12-3-7-14(8-4-12)19-20-16(11-18)17(21)13-5-9-15(22-2)10-6-13/h3-10,19H,1-2H3. The first-order valence-corrected chi connectivity index (χ1v) is 6.63. The number of anilines is 1. The summed E-state index contributed by atoms with van der Waals surface area (Å²) in [5.74, 6) is 0.203. The van der Waals surface area contributed by atoms with Gasteiger partial charge in [0, 0.05) is 5.56 Å². The molecule has 2 rings (SSSR count). The van der Waals surface area contributed by atoms with E-state index in [1.165, 1.54) is 0 Å². The number of carbonyl (C=O) groups is 1. The number of hydrogen-bond acceptors (Lipinski definition) is 5. The van der Waals surface area contributed by atoms with Crippen molar-refractivity contribution < 1.29 is 9.53 Å². The van der Waals surface area contributed by atoms with E-state index in [2.05, 4.69) is 10.5 Å². The van der Waals surface area contributed by atoms with E-state index in [-0.39, 0.29) is 5.71 Å². The van der Waals surface area contributed by atoms with Crippen LogP contribution in [0.15, 0.2) is 53.6 Å². The summed E-state index contributed by atoms with van der Waals surface area (Å²) < 4.78 is 5.03. The number of ether oxygens (including phenoxy) is 1. The summed E-state index contributed by atoms with van der Waals surface area (Å²) in [5, 5.41) is 13.0. The minimum absolute atomic E-state index is 0.203. The topological polar surface area (TPSA) is 74.5 Å². The lowest BCUT2D eigenvalue weighted by molar-refractivity contribution is 0.106. The first-order valence-electron chi connectivity index (χ1n) is 6.63. The van der Waals surface area contributed by atoms with Crippen molar-refractivity contribution in [2.75, 3.05) is 12.5 Å². The first kappa shape index (κ1) is 15.3. The number of Topliss-reactive ketones (excluding diaryl/α,β-unsaturated/α-hetero) is 1. The lowest BCUT2D eigenvalue weighted by atomic mass is 10.1. The maximum atomic E-state index is 12.2. The fourth-order valence-electron chi connectivity index (χ4n) is 1.75. The Hall–Kier alpha value is -3.13. The SMILES string of the molecule is COc1ccc(C(=O)C(C#N)=NNc2ccc(C)cc2)cc1. The largest absolute Gasteiger partial charge is 0.497 e. The number of aryl methyl sites for hydroxylation is 1. The minimum atomic E-state index is -0.440. The van der Waals surface area contributed by atoms with Gasteiger partial charge in [0.25, 0.3) is 0 Å². The summed E-state index contributed by atoms with van der Waals surface area (Å²) in [4.78, 5) is 12.2. The van der Waals surface area contributed by atoms with Crippen LogP contribution in [0.3, 0.4) is 0 Å². The lowest BCUT2D eigenvalue weighted by Crippen LogP contribution is -2.14. The number of ketones is 1. The monoisotopic (exact) mass is 293 g/mol. The number of benzene rings is 2. The number of nitrogens with zero attached hydrogens (tertiary/aromatic N) is 2. The first-order chi connectivity index (χ1) is 10.6. The highest BCUT2D eigenvalue weighted by Crippen LogP contribution is 2.13. The van der Waals surface area contributed by atoms with Crippen LogP contribution < -0.4 is 10.2 Å². The van der Waals surface area contributed by atoms with E-state index >= 15 is 0 Å². The maximum absolute atomic E-state index is 12.2. The molecule has 22 heavy (non-hydrogen) atoms. The van der Waals surface area contributed by atoms with Gasteiger partial charge in [-0.3, -0.25) is 10.2 Å². The zero-order valence-electron chi connectivity index (χ0n) is 12.3. The number of nitrogens with one attached hydrogen (secondary N) is 1. The van der Waals surface area contributed by atoms with Crippen molar-refractivity contribution in [1.29, 1.82) is 5.26 Å². The van der Waals surface area contributed by atoms with E-state index in [9.17, 15) is 4.79 Å². The smallest absolute Gasteiger partial charge is 0.223 e. The van der Waals surface area contributed by atoms with E-state index in [0.717, 1.165) is 5.56 Å². The molecule has 2 aromatic rings. The zero-order chi connectivity index (χ0) is 15.9. The highest BCUT2D eigenvalue weighted by molar-refractivity contribution is 6.51. The summed E-state index contributed by atoms with van der Waals surface area (Å²) in [6, 6.07) is 15.8. The molecule has 0 radical (unpaired) electrons. The quantitative estimate of drug-likeness (QED) is 0.522. The second-order valence-electron chi connectivity index (χ2n) is 4.61. The Kier molecular flexibility index (Phi) is 4.89. The van der Waals surface area contributed by atoms with E-state index in [1.54, 1.807) is 31.4 Å². The summed E-state index contributed by atoms with van der Waals surface area (Å²) in [6.07, 6.45) is 0. The molecule has 0 unspecified atom stereocenters. The van der Waals surface area contributed by atoms with Crippen molar-refractivity contribution in [3.63, 3.8) is 0 Å². The molecule has 0 aromatic heterocycles. The predicted molar refractivity (Wildman–Crippen MR) is 85.2 cm³/mol. The third-order valence-electron chi connectivity index (χ3n) is 3.02. The van der Waals surface area contributed by atoms with E-state index < -0.39 is 5.78 Å². The van der Waals surface area contributed by atoms with Crippen molar-refractivity contribution in [3.8, 4) is 11.8 Å². The summed E-state index contributed by atoms with van der Waals surface area (Å²) >= 11 is 0. The van der Waals surface area contributed by atoms with Gasteiger partial charge in [-0.15, -0.1) is 0 Å².